The van der Waals surface area contributed by atoms with Crippen LogP contribution in [-0.4, -0.2) is 36.5 Å². The van der Waals surface area contributed by atoms with Crippen LogP contribution in [0.2, 0.25) is 0 Å². The van der Waals surface area contributed by atoms with E-state index in [4.69, 9.17) is 0 Å². The van der Waals surface area contributed by atoms with Gasteiger partial charge in [-0.3, -0.25) is 4.79 Å². The number of nitrogens with two attached hydrogens (primary N) is 1. The maximum absolute atomic E-state index is 14.4. The number of nitrogens with one attached hydrogen (secondary N) is 1. The molecule has 1 aromatic heterocycles. The quantitative estimate of drug-likeness (QED) is 0.739. The predicted molar refractivity (Wildman–Crippen MR) is 131 cm³/mol. The Morgan fingerprint density at radius 3 is 2.79 bits per heavy atom. The highest BCUT2D eigenvalue weighted by Crippen LogP contribution is 2.47. The number of likely N-dealkylation sites (tertiary alicyclic amines) is 1. The lowest BCUT2D eigenvalue weighted by molar-refractivity contribution is -0.640. The summed E-state index contributed by atoms with van der Waals surface area (Å²) in [4.78, 5) is 21.8. The van der Waals surface area contributed by atoms with E-state index in [9.17, 15) is 4.79 Å². The summed E-state index contributed by atoms with van der Waals surface area (Å²) in [5, 5.41) is 2.43. The Bertz CT molecular complexity index is 969. The van der Waals surface area contributed by atoms with E-state index in [1.165, 1.54) is 61.1 Å². The molecule has 4 nitrogen and oxygen atoms in total. The van der Waals surface area contributed by atoms with Crippen LogP contribution >= 0.6 is 11.3 Å². The van der Waals surface area contributed by atoms with Crippen LogP contribution in [0.5, 0.6) is 0 Å². The van der Waals surface area contributed by atoms with Gasteiger partial charge in [0.25, 0.3) is 0 Å². The number of H-pyrrole nitrogens is 1. The molecule has 4 aliphatic rings. The number of quaternary nitrogens is 1. The van der Waals surface area contributed by atoms with Crippen LogP contribution < -0.4 is 10.3 Å². The van der Waals surface area contributed by atoms with Gasteiger partial charge in [0.15, 0.2) is 5.69 Å². The second-order valence-electron chi connectivity index (χ2n) is 11.1. The maximum Gasteiger partial charge on any atom is 0.232 e. The number of aromatic amines is 1. The van der Waals surface area contributed by atoms with E-state index >= 15 is 0 Å². The highest BCUT2D eigenvalue weighted by Gasteiger charge is 2.57. The number of hydrogen-bond donors (Lipinski definition) is 1. The Hall–Kier alpha value is -1.72. The van der Waals surface area contributed by atoms with Gasteiger partial charge in [0, 0.05) is 19.0 Å². The Kier molecular flexibility index (Phi) is 6.04. The van der Waals surface area contributed by atoms with Crippen molar-refractivity contribution in [2.24, 2.45) is 11.8 Å². The van der Waals surface area contributed by atoms with Gasteiger partial charge in [0.05, 0.1) is 23.4 Å². The van der Waals surface area contributed by atoms with Crippen molar-refractivity contribution < 1.29 is 15.1 Å². The molecule has 1 spiro atoms. The van der Waals surface area contributed by atoms with Crippen LogP contribution in [0.4, 0.5) is 0 Å². The molecule has 0 unspecified atom stereocenters. The van der Waals surface area contributed by atoms with Gasteiger partial charge >= 0.3 is 0 Å². The van der Waals surface area contributed by atoms with E-state index in [1.54, 1.807) is 0 Å². The van der Waals surface area contributed by atoms with Gasteiger partial charge in [0.2, 0.25) is 11.4 Å². The normalized spacial score (nSPS) is 32.7. The first-order valence-corrected chi connectivity index (χ1v) is 14.3. The standard InChI is InChI=1S/C28H37N3OS/c32-27(23-17-29-18-28(23)14-7-12-24-26(28)33-19-30-24)31-15-13-22(20-8-3-1-4-9-20)16-25(31)21-10-5-2-6-11-21/h1,3-4,8-9,19,21-23,25,29H,2,5-7,10-18H2/p+2/t22-,23+,25+,28-/m1/s1. The fraction of sp³-hybridized carbons (Fsp3) is 0.643. The monoisotopic (exact) mass is 465 g/mol. The highest BCUT2D eigenvalue weighted by atomic mass is 32.1. The number of hydrogen-bond acceptors (Lipinski definition) is 2. The van der Waals surface area contributed by atoms with Gasteiger partial charge in [0.1, 0.15) is 5.92 Å². The van der Waals surface area contributed by atoms with Gasteiger partial charge in [-0.2, -0.15) is 0 Å². The van der Waals surface area contributed by atoms with Crippen LogP contribution in [0.1, 0.15) is 79.8 Å². The summed E-state index contributed by atoms with van der Waals surface area (Å²) in [5.41, 5.74) is 5.09. The third-order valence-electron chi connectivity index (χ3n) is 9.45. The average Bonchev–Trinajstić information content (AvgIpc) is 3.53. The number of carbonyl (C=O) groups is 1. The van der Waals surface area contributed by atoms with Crippen molar-refractivity contribution >= 4 is 17.2 Å². The molecule has 6 rings (SSSR count). The second kappa shape index (κ2) is 9.14. The molecule has 176 valence electrons. The number of benzene rings is 1. The zero-order valence-corrected chi connectivity index (χ0v) is 20.6. The van der Waals surface area contributed by atoms with Crippen molar-refractivity contribution in [3.05, 3.63) is 52.0 Å². The summed E-state index contributed by atoms with van der Waals surface area (Å²) in [6.45, 7) is 2.99. The molecule has 0 radical (unpaired) electrons. The number of amides is 1. The van der Waals surface area contributed by atoms with E-state index in [0.717, 1.165) is 38.9 Å². The molecular weight excluding hydrogens is 426 g/mol. The largest absolute Gasteiger partial charge is 0.345 e. The molecule has 2 aliphatic heterocycles. The molecule has 2 aromatic rings. The van der Waals surface area contributed by atoms with Crippen molar-refractivity contribution in [1.82, 2.24) is 4.90 Å². The minimum atomic E-state index is 0.0583. The van der Waals surface area contributed by atoms with Crippen molar-refractivity contribution in [3.8, 4) is 0 Å². The number of thiazole rings is 1. The second-order valence-corrected chi connectivity index (χ2v) is 12.0. The van der Waals surface area contributed by atoms with Crippen molar-refractivity contribution in [2.45, 2.75) is 81.6 Å². The molecule has 3 heterocycles. The fourth-order valence-corrected chi connectivity index (χ4v) is 8.98. The first kappa shape index (κ1) is 21.8. The molecule has 5 heteroatoms. The van der Waals surface area contributed by atoms with Gasteiger partial charge in [-0.25, -0.2) is 4.98 Å². The van der Waals surface area contributed by atoms with E-state index in [-0.39, 0.29) is 11.3 Å². The lowest BCUT2D eigenvalue weighted by atomic mass is 9.68. The van der Waals surface area contributed by atoms with Crippen LogP contribution in [0, 0.1) is 11.8 Å². The van der Waals surface area contributed by atoms with E-state index in [0.29, 0.717) is 23.8 Å². The van der Waals surface area contributed by atoms with Gasteiger partial charge in [-0.05, 0) is 55.9 Å². The summed E-state index contributed by atoms with van der Waals surface area (Å²) in [6, 6.07) is 11.5. The highest BCUT2D eigenvalue weighted by molar-refractivity contribution is 7.09. The molecule has 3 fully saturated rings. The molecule has 1 aromatic carbocycles. The predicted octanol–water partition coefficient (Wildman–Crippen LogP) is 3.68. The average molecular weight is 466 g/mol. The zero-order valence-electron chi connectivity index (χ0n) is 19.8. The third kappa shape index (κ3) is 3.85. The Labute approximate surface area is 202 Å². The number of aromatic nitrogens is 1. The van der Waals surface area contributed by atoms with Gasteiger partial charge < -0.3 is 10.2 Å². The van der Waals surface area contributed by atoms with Crippen LogP contribution in [0.3, 0.4) is 0 Å². The lowest BCUT2D eigenvalue weighted by Crippen LogP contribution is -2.82. The number of fused-ring (bicyclic) bond motifs is 2. The number of aryl methyl sites for hydroxylation is 1. The number of piperidine rings is 1. The van der Waals surface area contributed by atoms with Crippen molar-refractivity contribution in [1.29, 1.82) is 0 Å². The first-order valence-electron chi connectivity index (χ1n) is 13.4. The van der Waals surface area contributed by atoms with E-state index in [2.05, 4.69) is 51.0 Å². The number of nitrogens with zero attached hydrogens (tertiary/aromatic N) is 1. The summed E-state index contributed by atoms with van der Waals surface area (Å²) < 4.78 is 0. The molecule has 3 N–H and O–H groups in total. The van der Waals surface area contributed by atoms with Crippen LogP contribution in [0.25, 0.3) is 0 Å². The smallest absolute Gasteiger partial charge is 0.232 e. The van der Waals surface area contributed by atoms with Crippen molar-refractivity contribution in [2.75, 3.05) is 19.6 Å². The fourth-order valence-electron chi connectivity index (χ4n) is 7.80. The van der Waals surface area contributed by atoms with E-state index < -0.39 is 0 Å². The Morgan fingerprint density at radius 1 is 1.09 bits per heavy atom. The number of rotatable bonds is 3. The summed E-state index contributed by atoms with van der Waals surface area (Å²) >= 11 is 1.87. The minimum absolute atomic E-state index is 0.0583. The zero-order chi connectivity index (χ0) is 22.3. The molecular formula is C28H39N3OS+2. The SMILES string of the molecule is O=C([C@@H]1C[NH2+]C[C@]12CCCc1[nH+]csc12)N1CC[C@@H](c2ccccc2)C[C@H]1C1CCCCC1. The van der Waals surface area contributed by atoms with Crippen molar-refractivity contribution in [3.63, 3.8) is 0 Å². The first-order chi connectivity index (χ1) is 16.3. The Balaban J connectivity index is 1.29. The molecule has 33 heavy (non-hydrogen) atoms. The molecule has 0 bridgehead atoms. The molecule has 1 saturated carbocycles. The lowest BCUT2D eigenvalue weighted by Gasteiger charge is -2.46. The summed E-state index contributed by atoms with van der Waals surface area (Å²) in [7, 11) is 0. The Morgan fingerprint density at radius 2 is 1.94 bits per heavy atom. The topological polar surface area (TPSA) is 51.1 Å². The molecule has 2 aliphatic carbocycles. The molecule has 4 atom stereocenters. The van der Waals surface area contributed by atoms with Gasteiger partial charge in [-0.1, -0.05) is 60.9 Å². The minimum Gasteiger partial charge on any atom is -0.345 e. The van der Waals surface area contributed by atoms with Crippen LogP contribution in [0.15, 0.2) is 35.8 Å². The maximum atomic E-state index is 14.4. The summed E-state index contributed by atoms with van der Waals surface area (Å²) in [6.07, 6.45) is 12.5. The number of carbonyl (C=O) groups excluding carboxylic acids is 1. The van der Waals surface area contributed by atoms with Crippen LogP contribution in [-0.2, 0) is 16.6 Å². The third-order valence-corrected chi connectivity index (χ3v) is 10.6. The molecule has 2 saturated heterocycles. The molecule has 1 amide bonds. The summed E-state index contributed by atoms with van der Waals surface area (Å²) in [5.74, 6) is 1.90. The van der Waals surface area contributed by atoms with Gasteiger partial charge in [-0.15, -0.1) is 0 Å². The van der Waals surface area contributed by atoms with E-state index in [1.807, 2.05) is 11.3 Å².